The van der Waals surface area contributed by atoms with Gasteiger partial charge < -0.3 is 4.52 Å². The van der Waals surface area contributed by atoms with E-state index in [0.29, 0.717) is 24.4 Å². The maximum absolute atomic E-state index is 12.7. The summed E-state index contributed by atoms with van der Waals surface area (Å²) in [6.45, 7) is 0.704. The Hall–Kier alpha value is -1.96. The van der Waals surface area contributed by atoms with Gasteiger partial charge in [-0.15, -0.1) is 0 Å². The molecule has 5 nitrogen and oxygen atoms in total. The molecule has 0 spiro atoms. The zero-order valence-corrected chi connectivity index (χ0v) is 13.8. The smallest absolute Gasteiger partial charge is 0.244 e. The van der Waals surface area contributed by atoms with Gasteiger partial charge in [-0.05, 0) is 11.4 Å². The Bertz CT molecular complexity index is 916. The highest BCUT2D eigenvalue weighted by Crippen LogP contribution is 2.32. The lowest BCUT2D eigenvalue weighted by Crippen LogP contribution is -2.35. The van der Waals surface area contributed by atoms with E-state index in [1.54, 1.807) is 16.8 Å². The van der Waals surface area contributed by atoms with Crippen molar-refractivity contribution in [1.82, 2.24) is 9.46 Å². The van der Waals surface area contributed by atoms with Gasteiger partial charge >= 0.3 is 0 Å². The average molecular weight is 346 g/mol. The summed E-state index contributed by atoms with van der Waals surface area (Å²) in [7, 11) is -3.46. The predicted octanol–water partition coefficient (Wildman–Crippen LogP) is 3.15. The minimum atomic E-state index is -3.46. The Morgan fingerprint density at radius 3 is 2.74 bits per heavy atom. The Kier molecular flexibility index (Phi) is 3.56. The lowest BCUT2D eigenvalue weighted by atomic mass is 10.0. The third-order valence-electron chi connectivity index (χ3n) is 3.97. The van der Waals surface area contributed by atoms with Crippen LogP contribution in [0.25, 0.3) is 11.3 Å². The summed E-state index contributed by atoms with van der Waals surface area (Å²) in [5, 5.41) is 7.59. The van der Waals surface area contributed by atoms with E-state index in [0.717, 1.165) is 22.6 Å². The van der Waals surface area contributed by atoms with E-state index in [1.807, 2.05) is 30.3 Å². The molecule has 3 heterocycles. The maximum atomic E-state index is 12.7. The molecule has 0 amide bonds. The Morgan fingerprint density at radius 1 is 1.17 bits per heavy atom. The molecule has 4 rings (SSSR count). The minimum absolute atomic E-state index is 0.293. The molecule has 0 N–H and O–H groups in total. The largest absolute Gasteiger partial charge is 0.360 e. The third kappa shape index (κ3) is 2.50. The van der Waals surface area contributed by atoms with Gasteiger partial charge in [-0.1, -0.05) is 35.5 Å². The van der Waals surface area contributed by atoms with Crippen LogP contribution in [0.4, 0.5) is 0 Å². The Morgan fingerprint density at radius 2 is 2.00 bits per heavy atom. The number of rotatable bonds is 3. The van der Waals surface area contributed by atoms with Gasteiger partial charge in [0.15, 0.2) is 0 Å². The van der Waals surface area contributed by atoms with Crippen molar-refractivity contribution in [1.29, 1.82) is 0 Å². The standard InChI is InChI=1S/C16H14N2O3S2/c19-23(20,13-7-9-22-11-13)18-8-6-15-14(10-18)16(17-21-15)12-4-2-1-3-5-12/h1-5,7,9,11H,6,8,10H2. The molecule has 0 aliphatic carbocycles. The molecule has 7 heteroatoms. The van der Waals surface area contributed by atoms with E-state index in [2.05, 4.69) is 5.16 Å². The third-order valence-corrected chi connectivity index (χ3v) is 6.65. The van der Waals surface area contributed by atoms with Crippen molar-refractivity contribution >= 4 is 21.4 Å². The number of benzene rings is 1. The summed E-state index contributed by atoms with van der Waals surface area (Å²) in [5.41, 5.74) is 2.53. The number of hydrogen-bond donors (Lipinski definition) is 0. The lowest BCUT2D eigenvalue weighted by Gasteiger charge is -2.25. The van der Waals surface area contributed by atoms with Crippen LogP contribution >= 0.6 is 11.3 Å². The summed E-state index contributed by atoms with van der Waals surface area (Å²) < 4.78 is 32.3. The van der Waals surface area contributed by atoms with Crippen molar-refractivity contribution in [3.05, 3.63) is 58.5 Å². The van der Waals surface area contributed by atoms with Crippen LogP contribution in [0.15, 0.2) is 56.6 Å². The van der Waals surface area contributed by atoms with Crippen LogP contribution in [0.1, 0.15) is 11.3 Å². The van der Waals surface area contributed by atoms with Gasteiger partial charge in [0.1, 0.15) is 11.5 Å². The molecule has 0 saturated carbocycles. The van der Waals surface area contributed by atoms with Crippen molar-refractivity contribution in [3.8, 4) is 11.3 Å². The summed E-state index contributed by atoms with van der Waals surface area (Å²) in [4.78, 5) is 0.351. The quantitative estimate of drug-likeness (QED) is 0.731. The van der Waals surface area contributed by atoms with Crippen LogP contribution in [0.5, 0.6) is 0 Å². The molecule has 0 bridgehead atoms. The van der Waals surface area contributed by atoms with Gasteiger partial charge in [0.05, 0.1) is 4.90 Å². The molecule has 1 aromatic carbocycles. The first kappa shape index (κ1) is 14.6. The van der Waals surface area contributed by atoms with E-state index in [4.69, 9.17) is 4.52 Å². The molecule has 23 heavy (non-hydrogen) atoms. The lowest BCUT2D eigenvalue weighted by molar-refractivity contribution is 0.331. The van der Waals surface area contributed by atoms with E-state index < -0.39 is 10.0 Å². The number of thiophene rings is 1. The van der Waals surface area contributed by atoms with Crippen molar-refractivity contribution in [2.75, 3.05) is 6.54 Å². The molecule has 118 valence electrons. The van der Waals surface area contributed by atoms with Gasteiger partial charge in [-0.2, -0.15) is 15.6 Å². The highest BCUT2D eigenvalue weighted by atomic mass is 32.2. The number of aromatic nitrogens is 1. The van der Waals surface area contributed by atoms with Crippen LogP contribution in [0.2, 0.25) is 0 Å². The van der Waals surface area contributed by atoms with Crippen LogP contribution in [-0.4, -0.2) is 24.4 Å². The highest BCUT2D eigenvalue weighted by Gasteiger charge is 2.32. The first-order valence-corrected chi connectivity index (χ1v) is 9.60. The number of nitrogens with zero attached hydrogens (tertiary/aromatic N) is 2. The normalized spacial score (nSPS) is 15.5. The van der Waals surface area contributed by atoms with Crippen LogP contribution in [0.3, 0.4) is 0 Å². The SMILES string of the molecule is O=S(=O)(c1ccsc1)N1CCc2onc(-c3ccccc3)c2C1. The molecular weight excluding hydrogens is 332 g/mol. The molecule has 2 aromatic heterocycles. The zero-order valence-electron chi connectivity index (χ0n) is 12.2. The molecular formula is C16H14N2O3S2. The van der Waals surface area contributed by atoms with E-state index in [9.17, 15) is 8.42 Å². The number of fused-ring (bicyclic) bond motifs is 1. The number of sulfonamides is 1. The van der Waals surface area contributed by atoms with Gasteiger partial charge in [-0.3, -0.25) is 0 Å². The minimum Gasteiger partial charge on any atom is -0.360 e. The van der Waals surface area contributed by atoms with E-state index >= 15 is 0 Å². The summed E-state index contributed by atoms with van der Waals surface area (Å²) in [5.74, 6) is 0.778. The molecule has 0 radical (unpaired) electrons. The second-order valence-corrected chi connectivity index (χ2v) is 8.06. The first-order chi connectivity index (χ1) is 11.2. The van der Waals surface area contributed by atoms with E-state index in [-0.39, 0.29) is 0 Å². The fraction of sp³-hybridized carbons (Fsp3) is 0.188. The average Bonchev–Trinajstić information content (AvgIpc) is 3.25. The molecule has 0 fully saturated rings. The predicted molar refractivity (Wildman–Crippen MR) is 87.6 cm³/mol. The van der Waals surface area contributed by atoms with Crippen molar-refractivity contribution in [2.24, 2.45) is 0 Å². The first-order valence-electron chi connectivity index (χ1n) is 7.21. The topological polar surface area (TPSA) is 63.4 Å². The van der Waals surface area contributed by atoms with Crippen LogP contribution in [0, 0.1) is 0 Å². The summed E-state index contributed by atoms with van der Waals surface area (Å²) >= 11 is 1.38. The van der Waals surface area contributed by atoms with Gasteiger partial charge in [0, 0.05) is 36.0 Å². The van der Waals surface area contributed by atoms with Crippen molar-refractivity contribution in [2.45, 2.75) is 17.9 Å². The Balaban J connectivity index is 1.71. The molecule has 1 aliphatic rings. The molecule has 3 aromatic rings. The van der Waals surface area contributed by atoms with Crippen LogP contribution in [-0.2, 0) is 23.0 Å². The van der Waals surface area contributed by atoms with Crippen molar-refractivity contribution in [3.63, 3.8) is 0 Å². The van der Waals surface area contributed by atoms with Gasteiger partial charge in [-0.25, -0.2) is 8.42 Å². The second kappa shape index (κ2) is 5.59. The van der Waals surface area contributed by atoms with E-state index in [1.165, 1.54) is 15.6 Å². The molecule has 0 atom stereocenters. The number of hydrogen-bond acceptors (Lipinski definition) is 5. The Labute approximate surface area is 138 Å². The summed E-state index contributed by atoms with van der Waals surface area (Å²) in [6, 6.07) is 11.3. The van der Waals surface area contributed by atoms with Crippen molar-refractivity contribution < 1.29 is 12.9 Å². The van der Waals surface area contributed by atoms with Gasteiger partial charge in [0.25, 0.3) is 0 Å². The maximum Gasteiger partial charge on any atom is 0.244 e. The fourth-order valence-electron chi connectivity index (χ4n) is 2.76. The molecule has 0 unspecified atom stereocenters. The summed E-state index contributed by atoms with van der Waals surface area (Å²) in [6.07, 6.45) is 0.540. The zero-order chi connectivity index (χ0) is 15.9. The fourth-order valence-corrected chi connectivity index (χ4v) is 5.18. The second-order valence-electron chi connectivity index (χ2n) is 5.35. The molecule has 0 saturated heterocycles. The molecule has 1 aliphatic heterocycles. The monoisotopic (exact) mass is 346 g/mol. The van der Waals surface area contributed by atoms with Gasteiger partial charge in [0.2, 0.25) is 10.0 Å². The highest BCUT2D eigenvalue weighted by molar-refractivity contribution is 7.89. The van der Waals surface area contributed by atoms with Crippen LogP contribution < -0.4 is 0 Å².